The topological polar surface area (TPSA) is 78.7 Å². The van der Waals surface area contributed by atoms with Gasteiger partial charge in [0.05, 0.1) is 19.4 Å². The Kier molecular flexibility index (Phi) is 6.38. The normalized spacial score (nSPS) is 16.6. The Hall–Kier alpha value is -2.11. The highest BCUT2D eigenvalue weighted by molar-refractivity contribution is 5.70. The van der Waals surface area contributed by atoms with Crippen LogP contribution in [0.1, 0.15) is 50.0 Å². The van der Waals surface area contributed by atoms with E-state index in [1.807, 2.05) is 0 Å². The van der Waals surface area contributed by atoms with E-state index < -0.39 is 5.92 Å². The highest BCUT2D eigenvalue weighted by Gasteiger charge is 2.25. The van der Waals surface area contributed by atoms with Gasteiger partial charge >= 0.3 is 5.97 Å². The Morgan fingerprint density at radius 1 is 1.26 bits per heavy atom. The fourth-order valence-electron chi connectivity index (χ4n) is 2.96. The van der Waals surface area contributed by atoms with Crippen LogP contribution in [-0.4, -0.2) is 30.7 Å². The van der Waals surface area contributed by atoms with Gasteiger partial charge in [-0.1, -0.05) is 18.6 Å². The van der Waals surface area contributed by atoms with Crippen LogP contribution >= 0.6 is 0 Å². The molecule has 0 aliphatic heterocycles. The van der Waals surface area contributed by atoms with Crippen LogP contribution < -0.4 is 4.74 Å². The van der Waals surface area contributed by atoms with Gasteiger partial charge in [-0.25, -0.2) is 0 Å². The van der Waals surface area contributed by atoms with Crippen molar-refractivity contribution in [1.82, 2.24) is 0 Å². The van der Waals surface area contributed by atoms with Gasteiger partial charge in [0.15, 0.2) is 0 Å². The monoisotopic (exact) mass is 321 g/mol. The number of rotatable bonds is 7. The molecule has 0 saturated heterocycles. The predicted molar refractivity (Wildman–Crippen MR) is 85.2 cm³/mol. The van der Waals surface area contributed by atoms with E-state index in [1.54, 1.807) is 31.4 Å². The SMILES string of the molecule is COc1ccc(C(CC(=O)OC2CCCCC2)C[N+](=O)[O-])cc1. The molecule has 0 N–H and O–H groups in total. The molecule has 0 spiro atoms. The fraction of sp³-hybridized carbons (Fsp3) is 0.588. The van der Waals surface area contributed by atoms with Crippen LogP contribution in [0.25, 0.3) is 0 Å². The number of esters is 1. The molecule has 0 amide bonds. The quantitative estimate of drug-likeness (QED) is 0.437. The second kappa shape index (κ2) is 8.50. The van der Waals surface area contributed by atoms with E-state index in [0.717, 1.165) is 31.2 Å². The predicted octanol–water partition coefficient (Wildman–Crippen LogP) is 3.32. The Bertz CT molecular complexity index is 522. The number of benzene rings is 1. The average Bonchev–Trinajstić information content (AvgIpc) is 2.55. The first kappa shape index (κ1) is 17.2. The third-order valence-corrected chi connectivity index (χ3v) is 4.22. The first-order chi connectivity index (χ1) is 11.1. The summed E-state index contributed by atoms with van der Waals surface area (Å²) in [4.78, 5) is 22.7. The van der Waals surface area contributed by atoms with Crippen LogP contribution in [0.15, 0.2) is 24.3 Å². The molecule has 126 valence electrons. The Balaban J connectivity index is 1.99. The third kappa shape index (κ3) is 5.54. The van der Waals surface area contributed by atoms with E-state index in [4.69, 9.17) is 9.47 Å². The van der Waals surface area contributed by atoms with Gasteiger partial charge in [0, 0.05) is 4.92 Å². The molecular formula is C17H23NO5. The average molecular weight is 321 g/mol. The van der Waals surface area contributed by atoms with E-state index in [1.165, 1.54) is 6.42 Å². The fourth-order valence-corrected chi connectivity index (χ4v) is 2.96. The van der Waals surface area contributed by atoms with Crippen molar-refractivity contribution in [2.45, 2.75) is 50.5 Å². The standard InChI is InChI=1S/C17H23NO5/c1-22-15-9-7-13(8-10-15)14(12-18(20)21)11-17(19)23-16-5-3-2-4-6-16/h7-10,14,16H,2-6,11-12H2,1H3. The zero-order chi connectivity index (χ0) is 16.7. The molecule has 0 radical (unpaired) electrons. The molecule has 0 aromatic heterocycles. The first-order valence-electron chi connectivity index (χ1n) is 8.03. The minimum atomic E-state index is -0.480. The largest absolute Gasteiger partial charge is 0.497 e. The number of methoxy groups -OCH3 is 1. The summed E-state index contributed by atoms with van der Waals surface area (Å²) >= 11 is 0. The molecule has 1 aromatic carbocycles. The minimum Gasteiger partial charge on any atom is -0.497 e. The summed E-state index contributed by atoms with van der Waals surface area (Å²) in [5, 5.41) is 10.9. The van der Waals surface area contributed by atoms with Crippen molar-refractivity contribution in [3.05, 3.63) is 39.9 Å². The van der Waals surface area contributed by atoms with E-state index in [9.17, 15) is 14.9 Å². The number of hydrogen-bond donors (Lipinski definition) is 0. The molecule has 0 bridgehead atoms. The molecule has 1 aliphatic carbocycles. The van der Waals surface area contributed by atoms with Crippen LogP contribution in [-0.2, 0) is 9.53 Å². The lowest BCUT2D eigenvalue weighted by Crippen LogP contribution is -2.24. The van der Waals surface area contributed by atoms with E-state index in [-0.39, 0.29) is 30.0 Å². The summed E-state index contributed by atoms with van der Waals surface area (Å²) in [6, 6.07) is 7.02. The molecule has 1 saturated carbocycles. The van der Waals surface area contributed by atoms with Crippen molar-refractivity contribution in [1.29, 1.82) is 0 Å². The highest BCUT2D eigenvalue weighted by atomic mass is 16.6. The van der Waals surface area contributed by atoms with Gasteiger partial charge in [-0.3, -0.25) is 14.9 Å². The van der Waals surface area contributed by atoms with Gasteiger partial charge in [-0.2, -0.15) is 0 Å². The Morgan fingerprint density at radius 3 is 2.48 bits per heavy atom. The molecule has 6 nitrogen and oxygen atoms in total. The number of nitro groups is 1. The van der Waals surface area contributed by atoms with Crippen LogP contribution in [0.5, 0.6) is 5.75 Å². The zero-order valence-electron chi connectivity index (χ0n) is 13.4. The molecule has 6 heteroatoms. The van der Waals surface area contributed by atoms with Gasteiger partial charge in [0.25, 0.3) is 0 Å². The maximum absolute atomic E-state index is 12.1. The van der Waals surface area contributed by atoms with Gasteiger partial charge in [-0.15, -0.1) is 0 Å². The Morgan fingerprint density at radius 2 is 1.91 bits per heavy atom. The zero-order valence-corrected chi connectivity index (χ0v) is 13.4. The first-order valence-corrected chi connectivity index (χ1v) is 8.03. The van der Waals surface area contributed by atoms with Crippen LogP contribution in [0, 0.1) is 10.1 Å². The molecular weight excluding hydrogens is 298 g/mol. The lowest BCUT2D eigenvalue weighted by molar-refractivity contribution is -0.483. The van der Waals surface area contributed by atoms with Crippen molar-refractivity contribution >= 4 is 5.97 Å². The molecule has 23 heavy (non-hydrogen) atoms. The molecule has 2 rings (SSSR count). The molecule has 1 fully saturated rings. The van der Waals surface area contributed by atoms with Crippen molar-refractivity contribution < 1.29 is 19.2 Å². The van der Waals surface area contributed by atoms with Gasteiger partial charge in [0.1, 0.15) is 11.9 Å². The molecule has 0 heterocycles. The van der Waals surface area contributed by atoms with Crippen LogP contribution in [0.4, 0.5) is 0 Å². The number of carbonyl (C=O) groups excluding carboxylic acids is 1. The summed E-state index contributed by atoms with van der Waals surface area (Å²) < 4.78 is 10.6. The van der Waals surface area contributed by atoms with E-state index in [0.29, 0.717) is 5.75 Å². The smallest absolute Gasteiger partial charge is 0.306 e. The second-order valence-electron chi connectivity index (χ2n) is 5.94. The summed E-state index contributed by atoms with van der Waals surface area (Å²) in [5.74, 6) is -0.148. The third-order valence-electron chi connectivity index (χ3n) is 4.22. The second-order valence-corrected chi connectivity index (χ2v) is 5.94. The van der Waals surface area contributed by atoms with Crippen LogP contribution in [0.2, 0.25) is 0 Å². The number of nitrogens with zero attached hydrogens (tertiary/aromatic N) is 1. The molecule has 1 aromatic rings. The van der Waals surface area contributed by atoms with E-state index >= 15 is 0 Å². The van der Waals surface area contributed by atoms with Crippen molar-refractivity contribution in [3.8, 4) is 5.75 Å². The van der Waals surface area contributed by atoms with Crippen LogP contribution in [0.3, 0.4) is 0 Å². The number of ether oxygens (including phenoxy) is 2. The highest BCUT2D eigenvalue weighted by Crippen LogP contribution is 2.25. The lowest BCUT2D eigenvalue weighted by Gasteiger charge is -2.22. The summed E-state index contributed by atoms with van der Waals surface area (Å²) in [7, 11) is 1.56. The van der Waals surface area contributed by atoms with Gasteiger partial charge < -0.3 is 9.47 Å². The van der Waals surface area contributed by atoms with Crippen molar-refractivity contribution in [2.24, 2.45) is 0 Å². The maximum Gasteiger partial charge on any atom is 0.306 e. The number of carbonyl (C=O) groups is 1. The van der Waals surface area contributed by atoms with E-state index in [2.05, 4.69) is 0 Å². The minimum absolute atomic E-state index is 0.0247. The van der Waals surface area contributed by atoms with Gasteiger partial charge in [-0.05, 0) is 43.4 Å². The molecule has 1 aliphatic rings. The maximum atomic E-state index is 12.1. The Labute approximate surface area is 135 Å². The van der Waals surface area contributed by atoms with Gasteiger partial charge in [0.2, 0.25) is 6.54 Å². The van der Waals surface area contributed by atoms with Crippen molar-refractivity contribution in [2.75, 3.05) is 13.7 Å². The summed E-state index contributed by atoms with van der Waals surface area (Å²) in [6.07, 6.45) is 5.14. The molecule has 1 unspecified atom stereocenters. The molecule has 1 atom stereocenters. The summed E-state index contributed by atoms with van der Waals surface area (Å²) in [6.45, 7) is -0.286. The summed E-state index contributed by atoms with van der Waals surface area (Å²) in [5.41, 5.74) is 0.753. The van der Waals surface area contributed by atoms with Crippen molar-refractivity contribution in [3.63, 3.8) is 0 Å². The number of hydrogen-bond acceptors (Lipinski definition) is 5. The lowest BCUT2D eigenvalue weighted by atomic mass is 9.95.